The minimum atomic E-state index is -4.47. The zero-order valence-corrected chi connectivity index (χ0v) is 9.42. The number of amides is 1. The van der Waals surface area contributed by atoms with Crippen LogP contribution in [-0.2, 0) is 11.0 Å². The van der Waals surface area contributed by atoms with Crippen molar-refractivity contribution in [2.75, 3.05) is 17.6 Å². The maximum absolute atomic E-state index is 12.5. The lowest BCUT2D eigenvalue weighted by Gasteiger charge is -2.10. The van der Waals surface area contributed by atoms with E-state index in [4.69, 9.17) is 11.5 Å². The second-order valence-electron chi connectivity index (χ2n) is 3.66. The second-order valence-corrected chi connectivity index (χ2v) is 3.66. The minimum Gasteiger partial charge on any atom is -0.384 e. The van der Waals surface area contributed by atoms with E-state index in [-0.39, 0.29) is 24.6 Å². The molecule has 0 unspecified atom stereocenters. The number of halogens is 3. The second kappa shape index (κ2) is 5.56. The van der Waals surface area contributed by atoms with Crippen molar-refractivity contribution in [3.05, 3.63) is 17.7 Å². The van der Waals surface area contributed by atoms with Gasteiger partial charge in [-0.05, 0) is 18.6 Å². The molecule has 1 aromatic heterocycles. The van der Waals surface area contributed by atoms with E-state index in [2.05, 4.69) is 10.3 Å². The van der Waals surface area contributed by atoms with Gasteiger partial charge in [-0.1, -0.05) is 0 Å². The Hall–Kier alpha value is -1.99. The Morgan fingerprint density at radius 3 is 2.61 bits per heavy atom. The van der Waals surface area contributed by atoms with Gasteiger partial charge in [-0.3, -0.25) is 4.79 Å². The van der Waals surface area contributed by atoms with Crippen molar-refractivity contribution in [2.24, 2.45) is 5.73 Å². The van der Waals surface area contributed by atoms with Gasteiger partial charge >= 0.3 is 6.18 Å². The molecule has 0 aliphatic rings. The molecular weight excluding hydrogens is 249 g/mol. The van der Waals surface area contributed by atoms with Crippen LogP contribution in [0.3, 0.4) is 0 Å². The summed E-state index contributed by atoms with van der Waals surface area (Å²) in [6.45, 7) is 0.288. The molecule has 1 rings (SSSR count). The van der Waals surface area contributed by atoms with Gasteiger partial charge in [-0.25, -0.2) is 4.98 Å². The zero-order chi connectivity index (χ0) is 13.8. The molecule has 0 aromatic carbocycles. The molecule has 0 saturated carbocycles. The summed E-state index contributed by atoms with van der Waals surface area (Å²) < 4.78 is 37.4. The topological polar surface area (TPSA) is 94.0 Å². The van der Waals surface area contributed by atoms with E-state index < -0.39 is 17.6 Å². The minimum absolute atomic E-state index is 0.0202. The Kier molecular flexibility index (Phi) is 4.35. The number of carbonyl (C=O) groups is 1. The molecule has 0 aliphatic carbocycles. The highest BCUT2D eigenvalue weighted by molar-refractivity contribution is 5.73. The van der Waals surface area contributed by atoms with E-state index in [0.29, 0.717) is 6.42 Å². The summed E-state index contributed by atoms with van der Waals surface area (Å²) in [5.74, 6) is -0.665. The highest BCUT2D eigenvalue weighted by Crippen LogP contribution is 2.31. The Labute approximate surface area is 101 Å². The molecule has 0 radical (unpaired) electrons. The quantitative estimate of drug-likeness (QED) is 0.698. The number of aromatic nitrogens is 1. The predicted molar refractivity (Wildman–Crippen MR) is 60.6 cm³/mol. The van der Waals surface area contributed by atoms with E-state index in [0.717, 1.165) is 12.1 Å². The maximum Gasteiger partial charge on any atom is 0.416 e. The summed E-state index contributed by atoms with van der Waals surface area (Å²) in [5.41, 5.74) is 9.34. The van der Waals surface area contributed by atoms with Gasteiger partial charge in [-0.15, -0.1) is 0 Å². The van der Waals surface area contributed by atoms with Crippen molar-refractivity contribution in [1.82, 2.24) is 4.98 Å². The molecule has 0 aliphatic heterocycles. The number of hydrogen-bond donors (Lipinski definition) is 3. The number of nitrogens with zero attached hydrogens (tertiary/aromatic N) is 1. The molecule has 8 heteroatoms. The van der Waals surface area contributed by atoms with Crippen LogP contribution in [0.5, 0.6) is 0 Å². The van der Waals surface area contributed by atoms with Crippen molar-refractivity contribution in [1.29, 1.82) is 0 Å². The van der Waals surface area contributed by atoms with Gasteiger partial charge < -0.3 is 16.8 Å². The number of rotatable bonds is 5. The molecule has 5 nitrogen and oxygen atoms in total. The van der Waals surface area contributed by atoms with Crippen LogP contribution in [0, 0.1) is 0 Å². The number of nitrogen functional groups attached to an aromatic ring is 1. The molecule has 0 spiro atoms. The van der Waals surface area contributed by atoms with Gasteiger partial charge in [0.25, 0.3) is 0 Å². The van der Waals surface area contributed by atoms with Crippen molar-refractivity contribution >= 4 is 17.5 Å². The first-order valence-electron chi connectivity index (χ1n) is 5.16. The molecule has 0 bridgehead atoms. The van der Waals surface area contributed by atoms with Crippen LogP contribution >= 0.6 is 0 Å². The van der Waals surface area contributed by atoms with Crippen LogP contribution in [0.1, 0.15) is 18.4 Å². The van der Waals surface area contributed by atoms with Gasteiger partial charge in [-0.2, -0.15) is 13.2 Å². The smallest absolute Gasteiger partial charge is 0.384 e. The van der Waals surface area contributed by atoms with E-state index in [1.807, 2.05) is 0 Å². The van der Waals surface area contributed by atoms with Crippen molar-refractivity contribution in [3.63, 3.8) is 0 Å². The number of alkyl halides is 3. The molecule has 1 heterocycles. The number of nitrogens with two attached hydrogens (primary N) is 2. The first-order chi connectivity index (χ1) is 8.29. The zero-order valence-electron chi connectivity index (χ0n) is 9.42. The fourth-order valence-electron chi connectivity index (χ4n) is 1.29. The average molecular weight is 262 g/mol. The van der Waals surface area contributed by atoms with Gasteiger partial charge in [0.15, 0.2) is 0 Å². The summed E-state index contributed by atoms with van der Waals surface area (Å²) >= 11 is 0. The van der Waals surface area contributed by atoms with Crippen molar-refractivity contribution in [3.8, 4) is 0 Å². The van der Waals surface area contributed by atoms with Gasteiger partial charge in [0.2, 0.25) is 5.91 Å². The first kappa shape index (κ1) is 14.1. The van der Waals surface area contributed by atoms with Gasteiger partial charge in [0, 0.05) is 13.0 Å². The fraction of sp³-hybridized carbons (Fsp3) is 0.400. The van der Waals surface area contributed by atoms with Crippen molar-refractivity contribution in [2.45, 2.75) is 19.0 Å². The third kappa shape index (κ3) is 4.48. The monoisotopic (exact) mass is 262 g/mol. The summed E-state index contributed by atoms with van der Waals surface area (Å²) in [6.07, 6.45) is -3.91. The number of carbonyl (C=O) groups excluding carboxylic acids is 1. The summed E-state index contributed by atoms with van der Waals surface area (Å²) in [5, 5.41) is 2.65. The third-order valence-electron chi connectivity index (χ3n) is 2.08. The standard InChI is InChI=1S/C10H13F3N4O/c11-10(12,13)6-4-7(14)17-9(5-6)16-3-1-2-8(15)18/h4-5H,1-3H2,(H2,15,18)(H3,14,16,17). The van der Waals surface area contributed by atoms with Crippen LogP contribution in [0.2, 0.25) is 0 Å². The molecule has 0 atom stereocenters. The molecule has 0 saturated heterocycles. The molecule has 100 valence electrons. The normalized spacial score (nSPS) is 11.3. The Balaban J connectivity index is 2.66. The Bertz CT molecular complexity index is 434. The number of nitrogens with one attached hydrogen (secondary N) is 1. The lowest BCUT2D eigenvalue weighted by Crippen LogP contribution is -2.14. The fourth-order valence-corrected chi connectivity index (χ4v) is 1.29. The predicted octanol–water partition coefficient (Wildman–Crippen LogP) is 1.36. The Morgan fingerprint density at radius 2 is 2.06 bits per heavy atom. The molecule has 1 aromatic rings. The Morgan fingerprint density at radius 1 is 1.39 bits per heavy atom. The van der Waals surface area contributed by atoms with Crippen LogP contribution in [0.25, 0.3) is 0 Å². The highest BCUT2D eigenvalue weighted by atomic mass is 19.4. The number of anilines is 2. The average Bonchev–Trinajstić information content (AvgIpc) is 2.22. The number of primary amides is 1. The molecule has 18 heavy (non-hydrogen) atoms. The molecule has 0 fully saturated rings. The summed E-state index contributed by atoms with van der Waals surface area (Å²) in [7, 11) is 0. The van der Waals surface area contributed by atoms with Crippen LogP contribution in [-0.4, -0.2) is 17.4 Å². The molecular formula is C10H13F3N4O. The molecule has 1 amide bonds. The largest absolute Gasteiger partial charge is 0.416 e. The molecule has 5 N–H and O–H groups in total. The SMILES string of the molecule is NC(=O)CCCNc1cc(C(F)(F)F)cc(N)n1. The van der Waals surface area contributed by atoms with Gasteiger partial charge in [0.1, 0.15) is 11.6 Å². The first-order valence-corrected chi connectivity index (χ1v) is 5.16. The van der Waals surface area contributed by atoms with Gasteiger partial charge in [0.05, 0.1) is 5.56 Å². The number of pyridine rings is 1. The van der Waals surface area contributed by atoms with E-state index in [1.165, 1.54) is 0 Å². The van der Waals surface area contributed by atoms with Crippen LogP contribution in [0.4, 0.5) is 24.8 Å². The highest BCUT2D eigenvalue weighted by Gasteiger charge is 2.31. The van der Waals surface area contributed by atoms with E-state index in [9.17, 15) is 18.0 Å². The lowest BCUT2D eigenvalue weighted by molar-refractivity contribution is -0.137. The number of hydrogen-bond acceptors (Lipinski definition) is 4. The third-order valence-corrected chi connectivity index (χ3v) is 2.08. The lowest BCUT2D eigenvalue weighted by atomic mass is 10.2. The maximum atomic E-state index is 12.5. The van der Waals surface area contributed by atoms with Crippen LogP contribution < -0.4 is 16.8 Å². The van der Waals surface area contributed by atoms with E-state index >= 15 is 0 Å². The summed E-state index contributed by atoms with van der Waals surface area (Å²) in [4.78, 5) is 14.2. The van der Waals surface area contributed by atoms with E-state index in [1.54, 1.807) is 0 Å². The summed E-state index contributed by atoms with van der Waals surface area (Å²) in [6, 6.07) is 1.62. The van der Waals surface area contributed by atoms with Crippen molar-refractivity contribution < 1.29 is 18.0 Å². The van der Waals surface area contributed by atoms with Crippen LogP contribution in [0.15, 0.2) is 12.1 Å².